The third-order valence-corrected chi connectivity index (χ3v) is 4.54. The van der Waals surface area contributed by atoms with E-state index in [9.17, 15) is 4.79 Å². The summed E-state index contributed by atoms with van der Waals surface area (Å²) < 4.78 is 11.5. The monoisotopic (exact) mass is 350 g/mol. The van der Waals surface area contributed by atoms with Crippen LogP contribution in [0.3, 0.4) is 0 Å². The molecule has 2 aromatic rings. The maximum Gasteiger partial charge on any atom is 0.196 e. The van der Waals surface area contributed by atoms with E-state index in [2.05, 4.69) is 6.07 Å². The van der Waals surface area contributed by atoms with E-state index in [0.717, 1.165) is 6.42 Å². The van der Waals surface area contributed by atoms with Crippen molar-refractivity contribution in [3.05, 3.63) is 77.6 Å². The molecule has 0 bridgehead atoms. The van der Waals surface area contributed by atoms with Crippen LogP contribution in [-0.2, 0) is 4.74 Å². The van der Waals surface area contributed by atoms with Crippen molar-refractivity contribution in [2.75, 3.05) is 6.61 Å². The third-order valence-electron chi connectivity index (χ3n) is 4.54. The van der Waals surface area contributed by atoms with Crippen LogP contribution < -0.4 is 4.74 Å². The molecule has 3 nitrogen and oxygen atoms in total. The summed E-state index contributed by atoms with van der Waals surface area (Å²) in [6.07, 6.45) is 6.68. The van der Waals surface area contributed by atoms with E-state index in [1.807, 2.05) is 62.4 Å². The summed E-state index contributed by atoms with van der Waals surface area (Å²) in [5.74, 6) is 1.26. The van der Waals surface area contributed by atoms with Gasteiger partial charge in [0.2, 0.25) is 0 Å². The zero-order chi connectivity index (χ0) is 18.4. The Kier molecular flexibility index (Phi) is 6.11. The van der Waals surface area contributed by atoms with Crippen molar-refractivity contribution >= 4 is 5.78 Å². The van der Waals surface area contributed by atoms with Crippen molar-refractivity contribution in [2.24, 2.45) is 0 Å². The van der Waals surface area contributed by atoms with Crippen LogP contribution in [0.4, 0.5) is 0 Å². The number of ketones is 1. The highest BCUT2D eigenvalue weighted by atomic mass is 16.5. The summed E-state index contributed by atoms with van der Waals surface area (Å²) in [6.45, 7) is 4.51. The van der Waals surface area contributed by atoms with Crippen LogP contribution >= 0.6 is 0 Å². The van der Waals surface area contributed by atoms with Crippen LogP contribution in [0.5, 0.6) is 5.75 Å². The zero-order valence-electron chi connectivity index (χ0n) is 15.5. The number of carbonyl (C=O) groups is 1. The van der Waals surface area contributed by atoms with Gasteiger partial charge in [-0.05, 0) is 50.3 Å². The molecule has 0 heterocycles. The lowest BCUT2D eigenvalue weighted by Gasteiger charge is -2.18. The van der Waals surface area contributed by atoms with Crippen molar-refractivity contribution in [2.45, 2.75) is 45.1 Å². The van der Waals surface area contributed by atoms with Gasteiger partial charge in [0.05, 0.1) is 24.5 Å². The molecule has 136 valence electrons. The second kappa shape index (κ2) is 8.70. The molecule has 0 saturated heterocycles. The Hall–Kier alpha value is -2.55. The van der Waals surface area contributed by atoms with Gasteiger partial charge >= 0.3 is 0 Å². The molecule has 0 aromatic heterocycles. The second-order valence-electron chi connectivity index (χ2n) is 6.78. The molecule has 1 aliphatic carbocycles. The van der Waals surface area contributed by atoms with E-state index in [-0.39, 0.29) is 11.9 Å². The van der Waals surface area contributed by atoms with Crippen LogP contribution in [0.2, 0.25) is 0 Å². The van der Waals surface area contributed by atoms with Crippen LogP contribution in [0.15, 0.2) is 60.9 Å². The maximum atomic E-state index is 13.0. The largest absolute Gasteiger partial charge is 0.501 e. The van der Waals surface area contributed by atoms with Gasteiger partial charge in [0.25, 0.3) is 0 Å². The number of ether oxygens (including phenoxy) is 2. The van der Waals surface area contributed by atoms with Gasteiger partial charge in [-0.3, -0.25) is 4.79 Å². The molecule has 0 N–H and O–H groups in total. The minimum absolute atomic E-state index is 0.0143. The summed E-state index contributed by atoms with van der Waals surface area (Å²) >= 11 is 0. The van der Waals surface area contributed by atoms with E-state index in [1.165, 1.54) is 18.4 Å². The summed E-state index contributed by atoms with van der Waals surface area (Å²) in [6, 6.07) is 15.5. The first-order valence-electron chi connectivity index (χ1n) is 9.32. The summed E-state index contributed by atoms with van der Waals surface area (Å²) in [7, 11) is 0. The molecular formula is C23H26O3. The normalized spacial score (nSPS) is 15.0. The van der Waals surface area contributed by atoms with E-state index in [1.54, 1.807) is 6.26 Å². The van der Waals surface area contributed by atoms with Gasteiger partial charge in [0.15, 0.2) is 5.78 Å². The molecule has 0 aliphatic heterocycles. The number of carbonyl (C=O) groups excluding carboxylic acids is 1. The molecule has 1 saturated carbocycles. The van der Waals surface area contributed by atoms with Gasteiger partial charge in [0, 0.05) is 12.0 Å². The Morgan fingerprint density at radius 1 is 1.19 bits per heavy atom. The van der Waals surface area contributed by atoms with E-state index >= 15 is 0 Å². The second-order valence-corrected chi connectivity index (χ2v) is 6.78. The minimum Gasteiger partial charge on any atom is -0.501 e. The average molecular weight is 350 g/mol. The van der Waals surface area contributed by atoms with Gasteiger partial charge in [0.1, 0.15) is 5.75 Å². The average Bonchev–Trinajstić information content (AvgIpc) is 3.51. The standard InChI is InChI=1S/C23H26O3/c1-3-14-25-15-13-17(2)26-22-12-11-20(18-9-10-18)16-21(22)23(24)19-7-5-4-6-8-19/h3-8,11-12,14,16-18H,9-10,13,15H2,1-2H3/b14-3+/t17-/m1/s1. The summed E-state index contributed by atoms with van der Waals surface area (Å²) in [4.78, 5) is 13.0. The lowest BCUT2D eigenvalue weighted by molar-refractivity contribution is 0.102. The van der Waals surface area contributed by atoms with Gasteiger partial charge < -0.3 is 9.47 Å². The molecule has 1 fully saturated rings. The number of rotatable bonds is 9. The number of allylic oxidation sites excluding steroid dienone is 1. The number of hydrogen-bond donors (Lipinski definition) is 0. The first kappa shape index (κ1) is 18.2. The Balaban J connectivity index is 1.79. The van der Waals surface area contributed by atoms with Crippen molar-refractivity contribution < 1.29 is 14.3 Å². The van der Waals surface area contributed by atoms with Gasteiger partial charge in [-0.2, -0.15) is 0 Å². The number of hydrogen-bond acceptors (Lipinski definition) is 3. The molecule has 0 spiro atoms. The Labute approximate surface area is 155 Å². The third kappa shape index (κ3) is 4.75. The van der Waals surface area contributed by atoms with Crippen LogP contribution in [0, 0.1) is 0 Å². The maximum absolute atomic E-state index is 13.0. The SMILES string of the molecule is C/C=C/OCC[C@@H](C)Oc1ccc(C2CC2)cc1C(=O)c1ccccc1. The Morgan fingerprint density at radius 2 is 1.96 bits per heavy atom. The summed E-state index contributed by atoms with van der Waals surface area (Å²) in [5, 5.41) is 0. The van der Waals surface area contributed by atoms with Gasteiger partial charge in [-0.1, -0.05) is 42.5 Å². The highest BCUT2D eigenvalue weighted by Gasteiger charge is 2.26. The molecule has 26 heavy (non-hydrogen) atoms. The van der Waals surface area contributed by atoms with E-state index in [4.69, 9.17) is 9.47 Å². The lowest BCUT2D eigenvalue weighted by atomic mass is 9.98. The van der Waals surface area contributed by atoms with Gasteiger partial charge in [-0.25, -0.2) is 0 Å². The van der Waals surface area contributed by atoms with Crippen molar-refractivity contribution in [1.29, 1.82) is 0 Å². The van der Waals surface area contributed by atoms with E-state index in [0.29, 0.717) is 29.4 Å². The fourth-order valence-corrected chi connectivity index (χ4v) is 2.92. The zero-order valence-corrected chi connectivity index (χ0v) is 15.5. The van der Waals surface area contributed by atoms with Crippen molar-refractivity contribution in [3.63, 3.8) is 0 Å². The molecule has 3 heteroatoms. The summed E-state index contributed by atoms with van der Waals surface area (Å²) in [5.41, 5.74) is 2.58. The van der Waals surface area contributed by atoms with Crippen LogP contribution in [-0.4, -0.2) is 18.5 Å². The van der Waals surface area contributed by atoms with Crippen molar-refractivity contribution in [3.8, 4) is 5.75 Å². The molecule has 0 amide bonds. The highest BCUT2D eigenvalue weighted by molar-refractivity contribution is 6.10. The van der Waals surface area contributed by atoms with Crippen LogP contribution in [0.1, 0.15) is 60.5 Å². The molecule has 0 unspecified atom stereocenters. The molecule has 0 radical (unpaired) electrons. The Bertz CT molecular complexity index is 760. The lowest BCUT2D eigenvalue weighted by Crippen LogP contribution is -2.16. The van der Waals surface area contributed by atoms with E-state index < -0.39 is 0 Å². The first-order valence-corrected chi connectivity index (χ1v) is 9.32. The fourth-order valence-electron chi connectivity index (χ4n) is 2.92. The quantitative estimate of drug-likeness (QED) is 0.340. The van der Waals surface area contributed by atoms with Gasteiger partial charge in [-0.15, -0.1) is 0 Å². The molecule has 2 aromatic carbocycles. The van der Waals surface area contributed by atoms with Crippen LogP contribution in [0.25, 0.3) is 0 Å². The first-order chi connectivity index (χ1) is 12.7. The topological polar surface area (TPSA) is 35.5 Å². The molecule has 3 rings (SSSR count). The highest BCUT2D eigenvalue weighted by Crippen LogP contribution is 2.41. The smallest absolute Gasteiger partial charge is 0.196 e. The molecule has 1 atom stereocenters. The fraction of sp³-hybridized carbons (Fsp3) is 0.348. The molecular weight excluding hydrogens is 324 g/mol. The van der Waals surface area contributed by atoms with Crippen molar-refractivity contribution in [1.82, 2.24) is 0 Å². The minimum atomic E-state index is -0.0330. The number of benzene rings is 2. The molecule has 1 aliphatic rings. The Morgan fingerprint density at radius 3 is 2.65 bits per heavy atom. The predicted octanol–water partition coefficient (Wildman–Crippen LogP) is 5.50. The predicted molar refractivity (Wildman–Crippen MR) is 104 cm³/mol.